The molecular weight excluding hydrogens is 318 g/mol. The molecule has 0 spiro atoms. The van der Waals surface area contributed by atoms with Gasteiger partial charge in [0.2, 0.25) is 0 Å². The summed E-state index contributed by atoms with van der Waals surface area (Å²) in [6.45, 7) is 0.179. The molecule has 0 atom stereocenters. The molecule has 0 radical (unpaired) electrons. The third kappa shape index (κ3) is 3.26. The third-order valence-corrected chi connectivity index (χ3v) is 3.80. The van der Waals surface area contributed by atoms with Gasteiger partial charge in [0.05, 0.1) is 25.6 Å². The Bertz CT molecular complexity index is 786. The summed E-state index contributed by atoms with van der Waals surface area (Å²) in [6, 6.07) is 7.05. The van der Waals surface area contributed by atoms with E-state index in [0.29, 0.717) is 28.5 Å². The zero-order valence-corrected chi connectivity index (χ0v) is 13.0. The van der Waals surface area contributed by atoms with Crippen molar-refractivity contribution < 1.29 is 10.2 Å². The molecule has 2 aromatic heterocycles. The van der Waals surface area contributed by atoms with Gasteiger partial charge in [-0.05, 0) is 17.7 Å². The summed E-state index contributed by atoms with van der Waals surface area (Å²) in [7, 11) is 0. The number of fused-ring (bicyclic) bond motifs is 1. The molecule has 3 rings (SSSR count). The smallest absolute Gasteiger partial charge is 0.165 e. The number of hydrogen-bond acceptors (Lipinski definition) is 6. The lowest BCUT2D eigenvalue weighted by Crippen LogP contribution is -2.16. The lowest BCUT2D eigenvalue weighted by molar-refractivity contribution is 0.156. The van der Waals surface area contributed by atoms with Gasteiger partial charge in [-0.1, -0.05) is 23.7 Å². The zero-order chi connectivity index (χ0) is 16.2. The fraction of sp³-hybridized carbons (Fsp3) is 0.267. The molecule has 23 heavy (non-hydrogen) atoms. The fourth-order valence-electron chi connectivity index (χ4n) is 2.27. The van der Waals surface area contributed by atoms with E-state index in [4.69, 9.17) is 11.6 Å². The minimum Gasteiger partial charge on any atom is -0.394 e. The summed E-state index contributed by atoms with van der Waals surface area (Å²) in [4.78, 5) is 12.7. The molecule has 0 amide bonds. The van der Waals surface area contributed by atoms with Crippen LogP contribution in [0.15, 0.2) is 36.9 Å². The summed E-state index contributed by atoms with van der Waals surface area (Å²) < 4.78 is 1.64. The van der Waals surface area contributed by atoms with Crippen LogP contribution >= 0.6 is 11.6 Å². The molecule has 0 bridgehead atoms. The first-order valence-corrected chi connectivity index (χ1v) is 7.48. The summed E-state index contributed by atoms with van der Waals surface area (Å²) in [5, 5.41) is 22.6. The molecule has 0 aliphatic heterocycles. The standard InChI is InChI=1S/C15H16ClN5O2/c16-11-3-1-10(2-4-11)5-17-14-13-15(19-8-18-14)21(9-20-13)12(6-22)7-23/h1-4,8-9,12,22-23H,5-7H2,(H,17,18,19). The monoisotopic (exact) mass is 333 g/mol. The van der Waals surface area contributed by atoms with Crippen LogP contribution in [0.2, 0.25) is 5.02 Å². The van der Waals surface area contributed by atoms with Crippen LogP contribution in [0.1, 0.15) is 11.6 Å². The molecule has 3 N–H and O–H groups in total. The van der Waals surface area contributed by atoms with Crippen LogP contribution < -0.4 is 5.32 Å². The van der Waals surface area contributed by atoms with E-state index in [-0.39, 0.29) is 13.2 Å². The van der Waals surface area contributed by atoms with Crippen molar-refractivity contribution in [1.29, 1.82) is 0 Å². The Morgan fingerprint density at radius 1 is 1.09 bits per heavy atom. The summed E-state index contributed by atoms with van der Waals surface area (Å²) >= 11 is 5.87. The number of anilines is 1. The Hall–Kier alpha value is -2.22. The van der Waals surface area contributed by atoms with E-state index < -0.39 is 6.04 Å². The molecule has 0 fully saturated rings. The molecule has 0 aliphatic carbocycles. The predicted octanol–water partition coefficient (Wildman–Crippen LogP) is 1.62. The number of rotatable bonds is 6. The minimum absolute atomic E-state index is 0.195. The van der Waals surface area contributed by atoms with E-state index in [2.05, 4.69) is 20.3 Å². The van der Waals surface area contributed by atoms with Crippen molar-refractivity contribution in [2.24, 2.45) is 0 Å². The maximum atomic E-state index is 9.32. The van der Waals surface area contributed by atoms with Crippen molar-refractivity contribution in [2.75, 3.05) is 18.5 Å². The van der Waals surface area contributed by atoms with Crippen molar-refractivity contribution in [1.82, 2.24) is 19.5 Å². The molecule has 120 valence electrons. The van der Waals surface area contributed by atoms with Crippen LogP contribution in [0.4, 0.5) is 5.82 Å². The molecule has 0 aliphatic rings. The number of aromatic nitrogens is 4. The second-order valence-corrected chi connectivity index (χ2v) is 5.48. The van der Waals surface area contributed by atoms with Crippen molar-refractivity contribution in [3.63, 3.8) is 0 Å². The van der Waals surface area contributed by atoms with Crippen LogP contribution in [-0.2, 0) is 6.54 Å². The van der Waals surface area contributed by atoms with Gasteiger partial charge in [-0.2, -0.15) is 0 Å². The number of imidazole rings is 1. The first-order chi connectivity index (χ1) is 11.2. The molecule has 2 heterocycles. The molecule has 1 aromatic carbocycles. The zero-order valence-electron chi connectivity index (χ0n) is 12.2. The van der Waals surface area contributed by atoms with E-state index in [1.54, 1.807) is 10.9 Å². The average Bonchev–Trinajstić information content (AvgIpc) is 3.00. The lowest BCUT2D eigenvalue weighted by atomic mass is 10.2. The number of benzene rings is 1. The fourth-order valence-corrected chi connectivity index (χ4v) is 2.40. The van der Waals surface area contributed by atoms with Gasteiger partial charge in [0, 0.05) is 11.6 Å². The highest BCUT2D eigenvalue weighted by molar-refractivity contribution is 6.30. The van der Waals surface area contributed by atoms with E-state index >= 15 is 0 Å². The number of hydrogen-bond donors (Lipinski definition) is 3. The summed E-state index contributed by atoms with van der Waals surface area (Å²) in [6.07, 6.45) is 2.97. The van der Waals surface area contributed by atoms with Crippen LogP contribution in [0, 0.1) is 0 Å². The largest absolute Gasteiger partial charge is 0.394 e. The number of halogens is 1. The highest BCUT2D eigenvalue weighted by Gasteiger charge is 2.15. The molecule has 0 unspecified atom stereocenters. The van der Waals surface area contributed by atoms with Crippen molar-refractivity contribution in [2.45, 2.75) is 12.6 Å². The van der Waals surface area contributed by atoms with Crippen LogP contribution in [0.25, 0.3) is 11.2 Å². The Balaban J connectivity index is 1.85. The molecular formula is C15H16ClN5O2. The third-order valence-electron chi connectivity index (χ3n) is 3.55. The first-order valence-electron chi connectivity index (χ1n) is 7.10. The van der Waals surface area contributed by atoms with E-state index in [0.717, 1.165) is 5.56 Å². The number of aliphatic hydroxyl groups is 2. The minimum atomic E-state index is -0.473. The molecule has 7 nitrogen and oxygen atoms in total. The van der Waals surface area contributed by atoms with Gasteiger partial charge < -0.3 is 20.1 Å². The molecule has 3 aromatic rings. The maximum absolute atomic E-state index is 9.32. The second-order valence-electron chi connectivity index (χ2n) is 5.05. The lowest BCUT2D eigenvalue weighted by Gasteiger charge is -2.13. The van der Waals surface area contributed by atoms with Crippen LogP contribution in [-0.4, -0.2) is 42.9 Å². The summed E-state index contributed by atoms with van der Waals surface area (Å²) in [5.74, 6) is 0.596. The molecule has 8 heteroatoms. The average molecular weight is 334 g/mol. The maximum Gasteiger partial charge on any atom is 0.165 e. The first kappa shape index (κ1) is 15.7. The van der Waals surface area contributed by atoms with Crippen molar-refractivity contribution >= 4 is 28.6 Å². The van der Waals surface area contributed by atoms with Gasteiger partial charge in [-0.15, -0.1) is 0 Å². The molecule has 0 saturated carbocycles. The Morgan fingerprint density at radius 2 is 1.83 bits per heavy atom. The number of aliphatic hydroxyl groups excluding tert-OH is 2. The Kier molecular flexibility index (Phi) is 4.71. The SMILES string of the molecule is OCC(CO)n1cnc2c(NCc3ccc(Cl)cc3)ncnc21. The van der Waals surface area contributed by atoms with Crippen molar-refractivity contribution in [3.05, 3.63) is 47.5 Å². The van der Waals surface area contributed by atoms with E-state index in [1.165, 1.54) is 6.33 Å². The number of nitrogens with one attached hydrogen (secondary N) is 1. The topological polar surface area (TPSA) is 96.1 Å². The van der Waals surface area contributed by atoms with Crippen LogP contribution in [0.3, 0.4) is 0 Å². The van der Waals surface area contributed by atoms with Gasteiger partial charge >= 0.3 is 0 Å². The highest BCUT2D eigenvalue weighted by Crippen LogP contribution is 2.21. The van der Waals surface area contributed by atoms with Gasteiger partial charge in [-0.25, -0.2) is 15.0 Å². The highest BCUT2D eigenvalue weighted by atomic mass is 35.5. The number of nitrogens with zero attached hydrogens (tertiary/aromatic N) is 4. The van der Waals surface area contributed by atoms with Gasteiger partial charge in [0.15, 0.2) is 11.5 Å². The Morgan fingerprint density at radius 3 is 2.52 bits per heavy atom. The van der Waals surface area contributed by atoms with Gasteiger partial charge in [0.25, 0.3) is 0 Å². The van der Waals surface area contributed by atoms with Crippen molar-refractivity contribution in [3.8, 4) is 0 Å². The van der Waals surface area contributed by atoms with Crippen LogP contribution in [0.5, 0.6) is 0 Å². The molecule has 0 saturated heterocycles. The van der Waals surface area contributed by atoms with E-state index in [9.17, 15) is 10.2 Å². The van der Waals surface area contributed by atoms with Gasteiger partial charge in [-0.3, -0.25) is 0 Å². The summed E-state index contributed by atoms with van der Waals surface area (Å²) in [5.41, 5.74) is 2.21. The van der Waals surface area contributed by atoms with Gasteiger partial charge in [0.1, 0.15) is 11.8 Å². The Labute approximate surface area is 137 Å². The normalized spacial score (nSPS) is 11.3. The second kappa shape index (κ2) is 6.91. The quantitative estimate of drug-likeness (QED) is 0.634. The predicted molar refractivity (Wildman–Crippen MR) is 87.3 cm³/mol. The van der Waals surface area contributed by atoms with E-state index in [1.807, 2.05) is 24.3 Å².